The van der Waals surface area contributed by atoms with Gasteiger partial charge in [-0.05, 0) is 30.2 Å². The van der Waals surface area contributed by atoms with E-state index in [-0.39, 0.29) is 28.6 Å². The zero-order valence-corrected chi connectivity index (χ0v) is 17.7. The van der Waals surface area contributed by atoms with Crippen LogP contribution in [0.3, 0.4) is 0 Å². The zero-order chi connectivity index (χ0) is 22.8. The number of hydrogen-bond donors (Lipinski definition) is 3. The molecule has 0 saturated heterocycles. The first-order chi connectivity index (χ1) is 15.3. The average molecular weight is 456 g/mol. The van der Waals surface area contributed by atoms with E-state index >= 15 is 0 Å². The number of halogens is 2. The Morgan fingerprint density at radius 2 is 2.00 bits per heavy atom. The van der Waals surface area contributed by atoms with E-state index in [1.54, 1.807) is 0 Å². The van der Waals surface area contributed by atoms with Crippen LogP contribution < -0.4 is 16.2 Å². The molecule has 7 nitrogen and oxygen atoms in total. The van der Waals surface area contributed by atoms with Crippen LogP contribution in [0.2, 0.25) is 0 Å². The SMILES string of the molecule is Cc1ccccc1CSc1nc2c(c(=O)[nH]1)[C@H](C(=O)Nc1cc(F)ccc1F)CC(=O)N2. The van der Waals surface area contributed by atoms with Gasteiger partial charge in [0.1, 0.15) is 17.5 Å². The number of carbonyl (C=O) groups is 2. The van der Waals surface area contributed by atoms with E-state index < -0.39 is 34.9 Å². The number of rotatable bonds is 5. The maximum Gasteiger partial charge on any atom is 0.257 e. The molecule has 0 aliphatic carbocycles. The van der Waals surface area contributed by atoms with Crippen LogP contribution in [-0.2, 0) is 15.3 Å². The van der Waals surface area contributed by atoms with Crippen molar-refractivity contribution < 1.29 is 18.4 Å². The molecule has 0 saturated carbocycles. The lowest BCUT2D eigenvalue weighted by Gasteiger charge is -2.23. The minimum absolute atomic E-state index is 0.0165. The number of anilines is 2. The third-order valence-electron chi connectivity index (χ3n) is 5.06. The fourth-order valence-electron chi connectivity index (χ4n) is 3.37. The highest BCUT2D eigenvalue weighted by atomic mass is 32.2. The van der Waals surface area contributed by atoms with E-state index in [0.29, 0.717) is 5.75 Å². The molecule has 0 spiro atoms. The topological polar surface area (TPSA) is 104 Å². The number of aromatic amines is 1. The number of benzene rings is 2. The Balaban J connectivity index is 1.60. The van der Waals surface area contributed by atoms with Crippen molar-refractivity contribution in [3.63, 3.8) is 0 Å². The number of aryl methyl sites for hydroxylation is 1. The second-order valence-corrected chi connectivity index (χ2v) is 8.23. The Hall–Kier alpha value is -3.53. The van der Waals surface area contributed by atoms with Crippen molar-refractivity contribution in [2.24, 2.45) is 0 Å². The predicted octanol–water partition coefficient (Wildman–Crippen LogP) is 3.71. The van der Waals surface area contributed by atoms with Gasteiger partial charge in [0.25, 0.3) is 5.56 Å². The van der Waals surface area contributed by atoms with Crippen LogP contribution in [0.4, 0.5) is 20.3 Å². The van der Waals surface area contributed by atoms with Gasteiger partial charge in [-0.2, -0.15) is 0 Å². The fraction of sp³-hybridized carbons (Fsp3) is 0.182. The summed E-state index contributed by atoms with van der Waals surface area (Å²) in [4.78, 5) is 44.7. The lowest BCUT2D eigenvalue weighted by molar-refractivity contribution is -0.123. The Bertz CT molecular complexity index is 1280. The summed E-state index contributed by atoms with van der Waals surface area (Å²) in [5, 5.41) is 5.07. The highest BCUT2D eigenvalue weighted by molar-refractivity contribution is 7.98. The first kappa shape index (κ1) is 21.7. The lowest BCUT2D eigenvalue weighted by Crippen LogP contribution is -2.36. The summed E-state index contributed by atoms with van der Waals surface area (Å²) in [6.07, 6.45) is -0.323. The molecule has 4 rings (SSSR count). The predicted molar refractivity (Wildman–Crippen MR) is 117 cm³/mol. The molecule has 2 aromatic carbocycles. The van der Waals surface area contributed by atoms with Crippen molar-refractivity contribution in [3.05, 3.63) is 81.1 Å². The molecular weight excluding hydrogens is 438 g/mol. The zero-order valence-electron chi connectivity index (χ0n) is 16.9. The Morgan fingerprint density at radius 1 is 1.22 bits per heavy atom. The highest BCUT2D eigenvalue weighted by Gasteiger charge is 2.35. The van der Waals surface area contributed by atoms with Crippen LogP contribution in [0.5, 0.6) is 0 Å². The molecule has 1 aromatic heterocycles. The summed E-state index contributed by atoms with van der Waals surface area (Å²) in [5.41, 5.74) is 1.17. The van der Waals surface area contributed by atoms with Crippen LogP contribution in [0, 0.1) is 18.6 Å². The van der Waals surface area contributed by atoms with E-state index in [4.69, 9.17) is 0 Å². The number of aromatic nitrogens is 2. The molecule has 3 aromatic rings. The monoisotopic (exact) mass is 456 g/mol. The van der Waals surface area contributed by atoms with Gasteiger partial charge < -0.3 is 15.6 Å². The number of amides is 2. The third-order valence-corrected chi connectivity index (χ3v) is 5.98. The molecule has 0 bridgehead atoms. The van der Waals surface area contributed by atoms with Crippen LogP contribution >= 0.6 is 11.8 Å². The van der Waals surface area contributed by atoms with Crippen molar-refractivity contribution in [1.82, 2.24) is 9.97 Å². The summed E-state index contributed by atoms with van der Waals surface area (Å²) in [6.45, 7) is 1.98. The van der Waals surface area contributed by atoms with Gasteiger partial charge in [0, 0.05) is 18.2 Å². The normalized spacial score (nSPS) is 15.1. The number of hydrogen-bond acceptors (Lipinski definition) is 5. The molecule has 2 heterocycles. The Labute approximate surface area is 185 Å². The molecule has 0 fully saturated rings. The number of nitrogens with one attached hydrogen (secondary N) is 3. The molecule has 0 radical (unpaired) electrons. The fourth-order valence-corrected chi connectivity index (χ4v) is 4.31. The Morgan fingerprint density at radius 3 is 2.78 bits per heavy atom. The molecule has 3 N–H and O–H groups in total. The van der Waals surface area contributed by atoms with E-state index in [2.05, 4.69) is 20.6 Å². The summed E-state index contributed by atoms with van der Waals surface area (Å²) < 4.78 is 27.3. The summed E-state index contributed by atoms with van der Waals surface area (Å²) in [5.74, 6) is -3.56. The number of fused-ring (bicyclic) bond motifs is 1. The van der Waals surface area contributed by atoms with Crippen molar-refractivity contribution >= 4 is 35.1 Å². The van der Waals surface area contributed by atoms with E-state index in [1.807, 2.05) is 31.2 Å². The first-order valence-corrected chi connectivity index (χ1v) is 10.7. The molecule has 1 aliphatic rings. The smallest absolute Gasteiger partial charge is 0.257 e. The molecule has 164 valence electrons. The van der Waals surface area contributed by atoms with Crippen molar-refractivity contribution in [2.75, 3.05) is 10.6 Å². The number of carbonyl (C=O) groups excluding carboxylic acids is 2. The summed E-state index contributed by atoms with van der Waals surface area (Å²) >= 11 is 1.28. The van der Waals surface area contributed by atoms with Crippen molar-refractivity contribution in [2.45, 2.75) is 30.2 Å². The molecule has 32 heavy (non-hydrogen) atoms. The number of thioether (sulfide) groups is 1. The standard InChI is InChI=1S/C22H18F2N4O3S/c1-11-4-2-3-5-12(11)10-32-22-27-19-18(21(31)28-22)14(9-17(29)26-19)20(30)25-16-8-13(23)6-7-15(16)24/h2-8,14H,9-10H2,1H3,(H,25,30)(H2,26,27,28,29,31)/t14-/m1/s1. The maximum atomic E-state index is 13.9. The number of H-pyrrole nitrogens is 1. The molecular formula is C22H18F2N4O3S. The van der Waals surface area contributed by atoms with E-state index in [9.17, 15) is 23.2 Å². The molecule has 1 aliphatic heterocycles. The van der Waals surface area contributed by atoms with Crippen molar-refractivity contribution in [1.29, 1.82) is 0 Å². The van der Waals surface area contributed by atoms with Gasteiger partial charge in [0.15, 0.2) is 5.16 Å². The van der Waals surface area contributed by atoms with Crippen molar-refractivity contribution in [3.8, 4) is 0 Å². The van der Waals surface area contributed by atoms with Crippen LogP contribution in [0.15, 0.2) is 52.4 Å². The van der Waals surface area contributed by atoms with Gasteiger partial charge in [-0.1, -0.05) is 36.0 Å². The largest absolute Gasteiger partial charge is 0.323 e. The van der Waals surface area contributed by atoms with Crippen LogP contribution in [0.1, 0.15) is 29.0 Å². The molecule has 2 amide bonds. The number of nitrogens with zero attached hydrogens (tertiary/aromatic N) is 1. The minimum Gasteiger partial charge on any atom is -0.323 e. The maximum absolute atomic E-state index is 13.9. The highest BCUT2D eigenvalue weighted by Crippen LogP contribution is 2.31. The first-order valence-electron chi connectivity index (χ1n) is 9.69. The molecule has 0 unspecified atom stereocenters. The second kappa shape index (κ2) is 8.91. The quantitative estimate of drug-likeness (QED) is 0.401. The van der Waals surface area contributed by atoms with Crippen LogP contribution in [0.25, 0.3) is 0 Å². The second-order valence-electron chi connectivity index (χ2n) is 7.27. The van der Waals surface area contributed by atoms with Gasteiger partial charge in [0.2, 0.25) is 11.8 Å². The lowest BCUT2D eigenvalue weighted by atomic mass is 9.92. The minimum atomic E-state index is -1.20. The molecule has 10 heteroatoms. The third kappa shape index (κ3) is 4.54. The Kier molecular flexibility index (Phi) is 6.04. The van der Waals surface area contributed by atoms with E-state index in [1.165, 1.54) is 11.8 Å². The van der Waals surface area contributed by atoms with E-state index in [0.717, 1.165) is 29.3 Å². The summed E-state index contributed by atoms with van der Waals surface area (Å²) in [7, 11) is 0. The van der Waals surface area contributed by atoms with Gasteiger partial charge in [-0.15, -0.1) is 0 Å². The van der Waals surface area contributed by atoms with Gasteiger partial charge in [-0.25, -0.2) is 13.8 Å². The van der Waals surface area contributed by atoms with Crippen LogP contribution in [-0.4, -0.2) is 21.8 Å². The average Bonchev–Trinajstić information content (AvgIpc) is 2.75. The van der Waals surface area contributed by atoms with Gasteiger partial charge in [-0.3, -0.25) is 14.4 Å². The van der Waals surface area contributed by atoms with Gasteiger partial charge in [0.05, 0.1) is 17.2 Å². The van der Waals surface area contributed by atoms with Gasteiger partial charge >= 0.3 is 0 Å². The molecule has 1 atom stereocenters. The summed E-state index contributed by atoms with van der Waals surface area (Å²) in [6, 6.07) is 10.4.